The van der Waals surface area contributed by atoms with Crippen molar-refractivity contribution in [3.8, 4) is 5.75 Å². The Bertz CT molecular complexity index is 407. The molecule has 1 aliphatic heterocycles. The van der Waals surface area contributed by atoms with Crippen LogP contribution in [0.2, 0.25) is 0 Å². The molecule has 0 spiro atoms. The summed E-state index contributed by atoms with van der Waals surface area (Å²) in [5.74, 6) is 0.847. The van der Waals surface area contributed by atoms with Crippen LogP contribution in [0.4, 0.5) is 5.69 Å². The highest BCUT2D eigenvalue weighted by Gasteiger charge is 2.21. The molecular weight excluding hydrogens is 228 g/mol. The fraction of sp³-hybridized carbons (Fsp3) is 0.571. The summed E-state index contributed by atoms with van der Waals surface area (Å²) in [5.41, 5.74) is 8.02. The van der Waals surface area contributed by atoms with E-state index in [1.54, 1.807) is 7.11 Å². The fourth-order valence-electron chi connectivity index (χ4n) is 2.22. The van der Waals surface area contributed by atoms with Crippen molar-refractivity contribution >= 4 is 5.69 Å². The van der Waals surface area contributed by atoms with Crippen LogP contribution in [0, 0.1) is 0 Å². The standard InChI is InChI=1S/C14H22N2O2/c1-14(2,15)12-10-11(4-5-13(12)17-3)16-6-8-18-9-7-16/h4-5,10H,6-9,15H2,1-3H3. The first-order valence-corrected chi connectivity index (χ1v) is 6.32. The normalized spacial score (nSPS) is 16.8. The van der Waals surface area contributed by atoms with Gasteiger partial charge in [0, 0.05) is 29.9 Å². The number of hydrogen-bond acceptors (Lipinski definition) is 4. The van der Waals surface area contributed by atoms with Crippen molar-refractivity contribution in [2.45, 2.75) is 19.4 Å². The first-order chi connectivity index (χ1) is 8.52. The highest BCUT2D eigenvalue weighted by atomic mass is 16.5. The number of methoxy groups -OCH3 is 1. The van der Waals surface area contributed by atoms with E-state index in [9.17, 15) is 0 Å². The third-order valence-corrected chi connectivity index (χ3v) is 3.25. The lowest BCUT2D eigenvalue weighted by molar-refractivity contribution is 0.122. The van der Waals surface area contributed by atoms with Gasteiger partial charge in [-0.1, -0.05) is 0 Å². The van der Waals surface area contributed by atoms with Crippen LogP contribution in [0.15, 0.2) is 18.2 Å². The van der Waals surface area contributed by atoms with E-state index in [0.717, 1.165) is 37.6 Å². The summed E-state index contributed by atoms with van der Waals surface area (Å²) in [6.07, 6.45) is 0. The molecule has 2 rings (SSSR count). The van der Waals surface area contributed by atoms with Crippen molar-refractivity contribution in [2.24, 2.45) is 5.73 Å². The molecule has 0 unspecified atom stereocenters. The van der Waals surface area contributed by atoms with E-state index < -0.39 is 5.54 Å². The van der Waals surface area contributed by atoms with Crippen molar-refractivity contribution in [2.75, 3.05) is 38.3 Å². The van der Waals surface area contributed by atoms with Gasteiger partial charge in [-0.3, -0.25) is 0 Å². The summed E-state index contributed by atoms with van der Waals surface area (Å²) < 4.78 is 10.8. The van der Waals surface area contributed by atoms with E-state index in [1.807, 2.05) is 19.9 Å². The van der Waals surface area contributed by atoms with Crippen molar-refractivity contribution < 1.29 is 9.47 Å². The number of nitrogens with zero attached hydrogens (tertiary/aromatic N) is 1. The lowest BCUT2D eigenvalue weighted by Gasteiger charge is -2.31. The highest BCUT2D eigenvalue weighted by Crippen LogP contribution is 2.32. The lowest BCUT2D eigenvalue weighted by atomic mass is 9.94. The molecule has 1 aromatic rings. The van der Waals surface area contributed by atoms with Gasteiger partial charge in [0.1, 0.15) is 5.75 Å². The molecule has 0 amide bonds. The van der Waals surface area contributed by atoms with Crippen LogP contribution in [0.5, 0.6) is 5.75 Å². The first-order valence-electron chi connectivity index (χ1n) is 6.32. The molecule has 1 aliphatic rings. The van der Waals surface area contributed by atoms with Crippen molar-refractivity contribution in [1.29, 1.82) is 0 Å². The molecule has 2 N–H and O–H groups in total. The molecule has 0 radical (unpaired) electrons. The van der Waals surface area contributed by atoms with E-state index in [4.69, 9.17) is 15.2 Å². The van der Waals surface area contributed by atoms with E-state index in [-0.39, 0.29) is 0 Å². The zero-order valence-corrected chi connectivity index (χ0v) is 11.4. The van der Waals surface area contributed by atoms with E-state index in [1.165, 1.54) is 5.69 Å². The number of benzene rings is 1. The van der Waals surface area contributed by atoms with Crippen LogP contribution < -0.4 is 15.4 Å². The van der Waals surface area contributed by atoms with Gasteiger partial charge in [-0.25, -0.2) is 0 Å². The highest BCUT2D eigenvalue weighted by molar-refractivity contribution is 5.55. The number of rotatable bonds is 3. The molecule has 4 nitrogen and oxygen atoms in total. The Balaban J connectivity index is 2.33. The van der Waals surface area contributed by atoms with Gasteiger partial charge in [-0.2, -0.15) is 0 Å². The third-order valence-electron chi connectivity index (χ3n) is 3.25. The quantitative estimate of drug-likeness (QED) is 0.887. The summed E-state index contributed by atoms with van der Waals surface area (Å²) >= 11 is 0. The molecule has 1 fully saturated rings. The summed E-state index contributed by atoms with van der Waals surface area (Å²) in [6, 6.07) is 6.21. The van der Waals surface area contributed by atoms with Crippen LogP contribution in [-0.4, -0.2) is 33.4 Å². The minimum atomic E-state index is -0.409. The average Bonchev–Trinajstić information content (AvgIpc) is 2.38. The fourth-order valence-corrected chi connectivity index (χ4v) is 2.22. The van der Waals surface area contributed by atoms with Gasteiger partial charge in [0.25, 0.3) is 0 Å². The van der Waals surface area contributed by atoms with Gasteiger partial charge < -0.3 is 20.1 Å². The molecule has 0 saturated carbocycles. The largest absolute Gasteiger partial charge is 0.496 e. The molecule has 100 valence electrons. The Morgan fingerprint density at radius 1 is 1.28 bits per heavy atom. The number of ether oxygens (including phenoxy) is 2. The maximum absolute atomic E-state index is 6.21. The molecule has 0 aromatic heterocycles. The minimum absolute atomic E-state index is 0.409. The maximum Gasteiger partial charge on any atom is 0.124 e. The second-order valence-corrected chi connectivity index (χ2v) is 5.21. The molecule has 4 heteroatoms. The van der Waals surface area contributed by atoms with E-state index in [2.05, 4.69) is 17.0 Å². The Kier molecular flexibility index (Phi) is 3.78. The molecule has 0 bridgehead atoms. The maximum atomic E-state index is 6.21. The molecule has 1 aromatic carbocycles. The van der Waals surface area contributed by atoms with Crippen LogP contribution in [0.3, 0.4) is 0 Å². The molecule has 1 heterocycles. The molecular formula is C14H22N2O2. The second kappa shape index (κ2) is 5.16. The Labute approximate surface area is 109 Å². The lowest BCUT2D eigenvalue weighted by Crippen LogP contribution is -2.36. The number of nitrogens with two attached hydrogens (primary N) is 1. The van der Waals surface area contributed by atoms with Gasteiger partial charge in [0.15, 0.2) is 0 Å². The Morgan fingerprint density at radius 2 is 1.94 bits per heavy atom. The number of hydrogen-bond donors (Lipinski definition) is 1. The van der Waals surface area contributed by atoms with Crippen molar-refractivity contribution in [3.63, 3.8) is 0 Å². The smallest absolute Gasteiger partial charge is 0.124 e. The molecule has 0 aliphatic carbocycles. The molecule has 1 saturated heterocycles. The van der Waals surface area contributed by atoms with Gasteiger partial charge in [0.2, 0.25) is 0 Å². The zero-order chi connectivity index (χ0) is 13.2. The van der Waals surface area contributed by atoms with Crippen LogP contribution in [0.1, 0.15) is 19.4 Å². The van der Waals surface area contributed by atoms with Crippen LogP contribution in [-0.2, 0) is 10.3 Å². The van der Waals surface area contributed by atoms with Gasteiger partial charge in [-0.05, 0) is 32.0 Å². The predicted octanol–water partition coefficient (Wildman–Crippen LogP) is 1.73. The summed E-state index contributed by atoms with van der Waals surface area (Å²) in [7, 11) is 1.68. The van der Waals surface area contributed by atoms with Crippen molar-refractivity contribution in [3.05, 3.63) is 23.8 Å². The first kappa shape index (κ1) is 13.2. The Hall–Kier alpha value is -1.26. The van der Waals surface area contributed by atoms with Crippen LogP contribution in [0.25, 0.3) is 0 Å². The summed E-state index contributed by atoms with van der Waals surface area (Å²) in [5, 5.41) is 0. The molecule has 18 heavy (non-hydrogen) atoms. The molecule has 0 atom stereocenters. The van der Waals surface area contributed by atoms with E-state index >= 15 is 0 Å². The zero-order valence-electron chi connectivity index (χ0n) is 11.4. The summed E-state index contributed by atoms with van der Waals surface area (Å²) in [4.78, 5) is 2.32. The Morgan fingerprint density at radius 3 is 2.50 bits per heavy atom. The van der Waals surface area contributed by atoms with E-state index in [0.29, 0.717) is 0 Å². The van der Waals surface area contributed by atoms with Gasteiger partial charge in [0.05, 0.1) is 20.3 Å². The second-order valence-electron chi connectivity index (χ2n) is 5.21. The topological polar surface area (TPSA) is 47.7 Å². The predicted molar refractivity (Wildman–Crippen MR) is 73.2 cm³/mol. The van der Waals surface area contributed by atoms with Gasteiger partial charge >= 0.3 is 0 Å². The number of morpholine rings is 1. The SMILES string of the molecule is COc1ccc(N2CCOCC2)cc1C(C)(C)N. The van der Waals surface area contributed by atoms with Crippen molar-refractivity contribution in [1.82, 2.24) is 0 Å². The van der Waals surface area contributed by atoms with Gasteiger partial charge in [-0.15, -0.1) is 0 Å². The van der Waals surface area contributed by atoms with Crippen LogP contribution >= 0.6 is 0 Å². The summed E-state index contributed by atoms with van der Waals surface area (Å²) in [6.45, 7) is 7.41. The minimum Gasteiger partial charge on any atom is -0.496 e. The average molecular weight is 250 g/mol. The monoisotopic (exact) mass is 250 g/mol. The third kappa shape index (κ3) is 2.76. The number of anilines is 1.